The third kappa shape index (κ3) is 5.46. The summed E-state index contributed by atoms with van der Waals surface area (Å²) in [7, 11) is 0. The van der Waals surface area contributed by atoms with Crippen molar-refractivity contribution in [3.05, 3.63) is 66.7 Å². The molecular formula is C24H28O3. The van der Waals surface area contributed by atoms with Gasteiger partial charge in [-0.3, -0.25) is 0 Å². The van der Waals surface area contributed by atoms with E-state index in [0.717, 1.165) is 23.5 Å². The molecule has 2 aromatic rings. The molecule has 142 valence electrons. The van der Waals surface area contributed by atoms with E-state index in [1.807, 2.05) is 18.2 Å². The van der Waals surface area contributed by atoms with Crippen LogP contribution in [0.15, 0.2) is 61.2 Å². The van der Waals surface area contributed by atoms with Crippen LogP contribution in [0.5, 0.6) is 5.75 Å². The topological polar surface area (TPSA) is 46.5 Å². The standard InChI is InChI=1S/C24H28O3/c1-2-3-4-5-18-6-8-19(9-7-18)20-10-12-21(13-11-20)22-14-16-23(17-15-22)27-24(25)26/h2,10-19H,1,3-9H2,(H,25,26)/t18-,19-. The molecule has 0 aromatic heterocycles. The Morgan fingerprint density at radius 1 is 1.00 bits per heavy atom. The van der Waals surface area contributed by atoms with Crippen LogP contribution in [-0.4, -0.2) is 11.3 Å². The quantitative estimate of drug-likeness (QED) is 0.248. The second kappa shape index (κ2) is 9.40. The second-order valence-corrected chi connectivity index (χ2v) is 7.45. The molecule has 0 heterocycles. The normalized spacial score (nSPS) is 19.4. The average Bonchev–Trinajstić information content (AvgIpc) is 2.69. The summed E-state index contributed by atoms with van der Waals surface area (Å²) in [6.45, 7) is 3.81. The second-order valence-electron chi connectivity index (χ2n) is 7.45. The SMILES string of the molecule is C=CCCC[C@H]1CC[C@H](c2ccc(-c3ccc(OC(=O)O)cc3)cc2)CC1. The van der Waals surface area contributed by atoms with Gasteiger partial charge >= 0.3 is 6.16 Å². The maximum absolute atomic E-state index is 10.6. The summed E-state index contributed by atoms with van der Waals surface area (Å²) in [4.78, 5) is 10.6. The zero-order chi connectivity index (χ0) is 19.1. The highest BCUT2D eigenvalue weighted by Gasteiger charge is 2.21. The fraction of sp³-hybridized carbons (Fsp3) is 0.375. The van der Waals surface area contributed by atoms with Gasteiger partial charge in [0.05, 0.1) is 0 Å². The van der Waals surface area contributed by atoms with E-state index in [1.165, 1.54) is 44.1 Å². The average molecular weight is 364 g/mol. The van der Waals surface area contributed by atoms with Crippen molar-refractivity contribution in [3.63, 3.8) is 0 Å². The summed E-state index contributed by atoms with van der Waals surface area (Å²) in [6.07, 6.45) is 9.78. The zero-order valence-corrected chi connectivity index (χ0v) is 15.8. The first-order chi connectivity index (χ1) is 13.2. The van der Waals surface area contributed by atoms with Crippen LogP contribution < -0.4 is 4.74 Å². The number of carboxylic acid groups (broad SMARTS) is 1. The van der Waals surface area contributed by atoms with Crippen LogP contribution >= 0.6 is 0 Å². The number of unbranched alkanes of at least 4 members (excludes halogenated alkanes) is 1. The van der Waals surface area contributed by atoms with Gasteiger partial charge in [-0.05, 0) is 79.2 Å². The van der Waals surface area contributed by atoms with Crippen LogP contribution in [0.1, 0.15) is 56.4 Å². The lowest BCUT2D eigenvalue weighted by Gasteiger charge is -2.29. The predicted molar refractivity (Wildman–Crippen MR) is 109 cm³/mol. The predicted octanol–water partition coefficient (Wildman–Crippen LogP) is 7.04. The molecule has 0 aliphatic heterocycles. The Balaban J connectivity index is 1.56. The summed E-state index contributed by atoms with van der Waals surface area (Å²) in [5.41, 5.74) is 3.64. The molecule has 1 saturated carbocycles. The summed E-state index contributed by atoms with van der Waals surface area (Å²) in [6, 6.07) is 16.0. The molecule has 1 aliphatic carbocycles. The number of hydrogen-bond acceptors (Lipinski definition) is 2. The molecule has 3 rings (SSSR count). The zero-order valence-electron chi connectivity index (χ0n) is 15.8. The minimum Gasteiger partial charge on any atom is -0.449 e. The van der Waals surface area contributed by atoms with Crippen molar-refractivity contribution in [1.82, 2.24) is 0 Å². The van der Waals surface area contributed by atoms with Crippen LogP contribution in [-0.2, 0) is 0 Å². The molecule has 2 aromatic carbocycles. The fourth-order valence-corrected chi connectivity index (χ4v) is 4.10. The van der Waals surface area contributed by atoms with E-state index in [1.54, 1.807) is 12.1 Å². The van der Waals surface area contributed by atoms with Gasteiger partial charge in [-0.15, -0.1) is 6.58 Å². The van der Waals surface area contributed by atoms with Gasteiger partial charge in [0.25, 0.3) is 0 Å². The highest BCUT2D eigenvalue weighted by atomic mass is 16.7. The largest absolute Gasteiger partial charge is 0.511 e. The van der Waals surface area contributed by atoms with Crippen LogP contribution in [0.3, 0.4) is 0 Å². The number of benzene rings is 2. The van der Waals surface area contributed by atoms with Gasteiger partial charge in [0, 0.05) is 0 Å². The first-order valence-corrected chi connectivity index (χ1v) is 9.88. The molecule has 0 radical (unpaired) electrons. The third-order valence-corrected chi connectivity index (χ3v) is 5.64. The van der Waals surface area contributed by atoms with Gasteiger partial charge in [0.15, 0.2) is 0 Å². The van der Waals surface area contributed by atoms with E-state index in [9.17, 15) is 4.79 Å². The van der Waals surface area contributed by atoms with Crippen LogP contribution in [0.4, 0.5) is 4.79 Å². The van der Waals surface area contributed by atoms with Crippen molar-refractivity contribution in [2.75, 3.05) is 0 Å². The van der Waals surface area contributed by atoms with Crippen LogP contribution in [0.25, 0.3) is 11.1 Å². The van der Waals surface area contributed by atoms with E-state index in [-0.39, 0.29) is 0 Å². The smallest absolute Gasteiger partial charge is 0.449 e. The third-order valence-electron chi connectivity index (χ3n) is 5.64. The van der Waals surface area contributed by atoms with Crippen molar-refractivity contribution in [2.24, 2.45) is 5.92 Å². The van der Waals surface area contributed by atoms with E-state index in [2.05, 4.69) is 35.6 Å². The first kappa shape index (κ1) is 19.2. The maximum Gasteiger partial charge on any atom is 0.511 e. The molecule has 1 aliphatic rings. The highest BCUT2D eigenvalue weighted by Crippen LogP contribution is 2.38. The van der Waals surface area contributed by atoms with Crippen molar-refractivity contribution in [3.8, 4) is 16.9 Å². The summed E-state index contributed by atoms with van der Waals surface area (Å²) >= 11 is 0. The maximum atomic E-state index is 10.6. The lowest BCUT2D eigenvalue weighted by Crippen LogP contribution is -2.13. The first-order valence-electron chi connectivity index (χ1n) is 9.88. The van der Waals surface area contributed by atoms with E-state index < -0.39 is 6.16 Å². The lowest BCUT2D eigenvalue weighted by atomic mass is 9.77. The van der Waals surface area contributed by atoms with E-state index in [4.69, 9.17) is 5.11 Å². The molecule has 0 atom stereocenters. The Morgan fingerprint density at radius 2 is 1.59 bits per heavy atom. The van der Waals surface area contributed by atoms with Crippen molar-refractivity contribution in [2.45, 2.75) is 50.9 Å². The molecule has 0 unspecified atom stereocenters. The van der Waals surface area contributed by atoms with Gasteiger partial charge in [-0.1, -0.05) is 48.9 Å². The molecule has 0 amide bonds. The van der Waals surface area contributed by atoms with Gasteiger partial charge in [-0.25, -0.2) is 4.79 Å². The molecule has 1 N–H and O–H groups in total. The Labute approximate surface area is 161 Å². The number of carbonyl (C=O) groups is 1. The Kier molecular flexibility index (Phi) is 6.69. The van der Waals surface area contributed by atoms with Gasteiger partial charge < -0.3 is 9.84 Å². The number of ether oxygens (including phenoxy) is 1. The van der Waals surface area contributed by atoms with Crippen molar-refractivity contribution < 1.29 is 14.6 Å². The Hall–Kier alpha value is -2.55. The molecule has 0 bridgehead atoms. The Morgan fingerprint density at radius 3 is 2.15 bits per heavy atom. The van der Waals surface area contributed by atoms with Crippen LogP contribution in [0, 0.1) is 5.92 Å². The summed E-state index contributed by atoms with van der Waals surface area (Å²) < 4.78 is 4.65. The summed E-state index contributed by atoms with van der Waals surface area (Å²) in [5, 5.41) is 8.65. The fourth-order valence-electron chi connectivity index (χ4n) is 4.10. The minimum absolute atomic E-state index is 0.340. The van der Waals surface area contributed by atoms with Gasteiger partial charge in [0.1, 0.15) is 5.75 Å². The van der Waals surface area contributed by atoms with Gasteiger partial charge in [0.2, 0.25) is 0 Å². The summed E-state index contributed by atoms with van der Waals surface area (Å²) in [5.74, 6) is 1.92. The number of rotatable bonds is 7. The molecule has 27 heavy (non-hydrogen) atoms. The van der Waals surface area contributed by atoms with Crippen LogP contribution in [0.2, 0.25) is 0 Å². The van der Waals surface area contributed by atoms with Crippen molar-refractivity contribution >= 4 is 6.16 Å². The highest BCUT2D eigenvalue weighted by molar-refractivity contribution is 5.66. The monoisotopic (exact) mass is 364 g/mol. The molecule has 3 heteroatoms. The number of hydrogen-bond donors (Lipinski definition) is 1. The van der Waals surface area contributed by atoms with Crippen molar-refractivity contribution in [1.29, 1.82) is 0 Å². The minimum atomic E-state index is -1.29. The molecular weight excluding hydrogens is 336 g/mol. The molecule has 1 fully saturated rings. The van der Waals surface area contributed by atoms with Gasteiger partial charge in [-0.2, -0.15) is 0 Å². The number of allylic oxidation sites excluding steroid dienone is 1. The molecule has 3 nitrogen and oxygen atoms in total. The lowest BCUT2D eigenvalue weighted by molar-refractivity contribution is 0.144. The Bertz CT molecular complexity index is 738. The molecule has 0 saturated heterocycles. The molecule has 0 spiro atoms. The van der Waals surface area contributed by atoms with E-state index in [0.29, 0.717) is 11.7 Å². The van der Waals surface area contributed by atoms with E-state index >= 15 is 0 Å².